The lowest BCUT2D eigenvalue weighted by atomic mass is 10.1. The maximum atomic E-state index is 13.8. The van der Waals surface area contributed by atoms with Gasteiger partial charge in [-0.1, -0.05) is 25.4 Å². The molecule has 140 valence electrons. The molecule has 3 rings (SSSR count). The van der Waals surface area contributed by atoms with Crippen molar-refractivity contribution in [3.8, 4) is 5.69 Å². The molecule has 2 heterocycles. The number of halogens is 2. The third kappa shape index (κ3) is 4.07. The van der Waals surface area contributed by atoms with E-state index in [1.807, 2.05) is 13.8 Å². The van der Waals surface area contributed by atoms with Gasteiger partial charge in [-0.25, -0.2) is 9.07 Å². The van der Waals surface area contributed by atoms with Crippen molar-refractivity contribution in [2.24, 2.45) is 0 Å². The van der Waals surface area contributed by atoms with Gasteiger partial charge < -0.3 is 10.2 Å². The third-order valence-electron chi connectivity index (χ3n) is 4.76. The number of likely N-dealkylation sites (tertiary alicyclic amines) is 1. The Labute approximate surface area is 158 Å². The lowest BCUT2D eigenvalue weighted by Gasteiger charge is -2.29. The zero-order valence-corrected chi connectivity index (χ0v) is 16.1. The predicted molar refractivity (Wildman–Crippen MR) is 101 cm³/mol. The van der Waals surface area contributed by atoms with Crippen LogP contribution < -0.4 is 5.32 Å². The lowest BCUT2D eigenvalue weighted by molar-refractivity contribution is 0.0911. The highest BCUT2D eigenvalue weighted by atomic mass is 35.5. The van der Waals surface area contributed by atoms with E-state index in [4.69, 9.17) is 11.6 Å². The molecule has 0 unspecified atom stereocenters. The van der Waals surface area contributed by atoms with Crippen LogP contribution in [0.15, 0.2) is 24.3 Å². The Morgan fingerprint density at radius 2 is 2.00 bits per heavy atom. The molecule has 2 aromatic rings. The highest BCUT2D eigenvalue weighted by Crippen LogP contribution is 2.23. The molecule has 1 amide bonds. The van der Waals surface area contributed by atoms with Gasteiger partial charge in [0, 0.05) is 17.8 Å². The van der Waals surface area contributed by atoms with Gasteiger partial charge >= 0.3 is 0 Å². The number of carbonyl (C=O) groups excluding carboxylic acids is 1. The molecule has 1 N–H and O–H groups in total. The van der Waals surface area contributed by atoms with Crippen LogP contribution in [0.1, 0.15) is 48.8 Å². The summed E-state index contributed by atoms with van der Waals surface area (Å²) in [6.07, 6.45) is 1.87. The quantitative estimate of drug-likeness (QED) is 0.884. The molecule has 1 aliphatic rings. The number of benzene rings is 1. The Hall–Kier alpha value is -1.92. The maximum Gasteiger partial charge on any atom is 0.272 e. The Morgan fingerprint density at radius 1 is 1.31 bits per heavy atom. The number of hydrogen-bond acceptors (Lipinski definition) is 3. The molecule has 5 nitrogen and oxygen atoms in total. The van der Waals surface area contributed by atoms with E-state index in [1.165, 1.54) is 12.1 Å². The van der Waals surface area contributed by atoms with E-state index >= 15 is 0 Å². The van der Waals surface area contributed by atoms with Crippen molar-refractivity contribution in [2.75, 3.05) is 20.1 Å². The van der Waals surface area contributed by atoms with Crippen LogP contribution in [0.25, 0.3) is 5.69 Å². The number of rotatable bonds is 4. The van der Waals surface area contributed by atoms with Gasteiger partial charge in [0.15, 0.2) is 5.69 Å². The van der Waals surface area contributed by atoms with Gasteiger partial charge in [-0.3, -0.25) is 4.79 Å². The predicted octanol–water partition coefficient (Wildman–Crippen LogP) is 3.61. The van der Waals surface area contributed by atoms with Crippen LogP contribution in [0.3, 0.4) is 0 Å². The molecular weight excluding hydrogens is 355 g/mol. The van der Waals surface area contributed by atoms with Crippen molar-refractivity contribution >= 4 is 17.5 Å². The molecule has 1 fully saturated rings. The molecule has 0 aliphatic carbocycles. The Morgan fingerprint density at radius 3 is 2.62 bits per heavy atom. The van der Waals surface area contributed by atoms with E-state index in [2.05, 4.69) is 22.4 Å². The summed E-state index contributed by atoms with van der Waals surface area (Å²) >= 11 is 5.77. The smallest absolute Gasteiger partial charge is 0.272 e. The molecule has 1 aromatic carbocycles. The van der Waals surface area contributed by atoms with Gasteiger partial charge in [0.2, 0.25) is 0 Å². The van der Waals surface area contributed by atoms with E-state index in [9.17, 15) is 9.18 Å². The molecule has 26 heavy (non-hydrogen) atoms. The normalized spacial score (nSPS) is 16.2. The number of aromatic nitrogens is 2. The molecule has 0 bridgehead atoms. The minimum absolute atomic E-state index is 0.0623. The summed E-state index contributed by atoms with van der Waals surface area (Å²) in [7, 11) is 2.08. The summed E-state index contributed by atoms with van der Waals surface area (Å²) in [5, 5.41) is 7.57. The van der Waals surface area contributed by atoms with Crippen LogP contribution in [0, 0.1) is 5.82 Å². The van der Waals surface area contributed by atoms with Crippen molar-refractivity contribution in [3.63, 3.8) is 0 Å². The summed E-state index contributed by atoms with van der Waals surface area (Å²) in [6, 6.07) is 6.47. The zero-order chi connectivity index (χ0) is 18.8. The van der Waals surface area contributed by atoms with E-state index < -0.39 is 5.82 Å². The van der Waals surface area contributed by atoms with E-state index in [0.717, 1.165) is 31.6 Å². The van der Waals surface area contributed by atoms with Gasteiger partial charge in [0.1, 0.15) is 5.82 Å². The highest BCUT2D eigenvalue weighted by molar-refractivity contribution is 6.30. The van der Waals surface area contributed by atoms with Gasteiger partial charge in [-0.05, 0) is 57.1 Å². The fourth-order valence-electron chi connectivity index (χ4n) is 3.15. The van der Waals surface area contributed by atoms with Gasteiger partial charge in [0.05, 0.1) is 10.7 Å². The second-order valence-corrected chi connectivity index (χ2v) is 7.58. The summed E-state index contributed by atoms with van der Waals surface area (Å²) in [5.74, 6) is -0.563. The summed E-state index contributed by atoms with van der Waals surface area (Å²) < 4.78 is 15.5. The van der Waals surface area contributed by atoms with Crippen molar-refractivity contribution in [2.45, 2.75) is 38.6 Å². The van der Waals surface area contributed by atoms with Crippen molar-refractivity contribution in [1.82, 2.24) is 20.0 Å². The second kappa shape index (κ2) is 7.76. The van der Waals surface area contributed by atoms with Gasteiger partial charge in [0.25, 0.3) is 5.91 Å². The maximum absolute atomic E-state index is 13.8. The molecular formula is C19H24ClFN4O. The standard InChI is InChI=1S/C19H24ClFN4O/c1-12(2)18-11-17(19(26)22-13-6-8-24(3)9-7-13)23-25(18)14-4-5-15(20)16(21)10-14/h4-5,10-13H,6-9H2,1-3H3,(H,22,26). The van der Waals surface area contributed by atoms with E-state index in [1.54, 1.807) is 16.8 Å². The Balaban J connectivity index is 1.84. The van der Waals surface area contributed by atoms with Crippen molar-refractivity contribution < 1.29 is 9.18 Å². The fourth-order valence-corrected chi connectivity index (χ4v) is 3.27. The second-order valence-electron chi connectivity index (χ2n) is 7.17. The molecule has 1 aromatic heterocycles. The first-order chi connectivity index (χ1) is 12.3. The Bertz CT molecular complexity index is 797. The summed E-state index contributed by atoms with van der Waals surface area (Å²) in [5.41, 5.74) is 1.75. The average Bonchev–Trinajstić information content (AvgIpc) is 3.05. The highest BCUT2D eigenvalue weighted by Gasteiger charge is 2.22. The SMILES string of the molecule is CC(C)c1cc(C(=O)NC2CCN(C)CC2)nn1-c1ccc(Cl)c(F)c1. The summed E-state index contributed by atoms with van der Waals surface area (Å²) in [4.78, 5) is 14.9. The zero-order valence-electron chi connectivity index (χ0n) is 15.3. The fraction of sp³-hybridized carbons (Fsp3) is 0.474. The van der Waals surface area contributed by atoms with Crippen molar-refractivity contribution in [3.05, 3.63) is 46.5 Å². The number of nitrogens with one attached hydrogen (secondary N) is 1. The molecule has 0 radical (unpaired) electrons. The molecule has 1 saturated heterocycles. The van der Waals surface area contributed by atoms with E-state index in [-0.39, 0.29) is 22.9 Å². The number of hydrogen-bond donors (Lipinski definition) is 1. The minimum atomic E-state index is -0.508. The molecule has 0 saturated carbocycles. The van der Waals surface area contributed by atoms with Crippen LogP contribution in [0.2, 0.25) is 5.02 Å². The van der Waals surface area contributed by atoms with Crippen LogP contribution in [0.5, 0.6) is 0 Å². The van der Waals surface area contributed by atoms with E-state index in [0.29, 0.717) is 11.4 Å². The van der Waals surface area contributed by atoms with Crippen LogP contribution >= 0.6 is 11.6 Å². The number of nitrogens with zero attached hydrogens (tertiary/aromatic N) is 3. The molecule has 0 atom stereocenters. The van der Waals surface area contributed by atoms with Crippen LogP contribution in [0.4, 0.5) is 4.39 Å². The number of amides is 1. The van der Waals surface area contributed by atoms with Crippen molar-refractivity contribution in [1.29, 1.82) is 0 Å². The van der Waals surface area contributed by atoms with Crippen LogP contribution in [-0.4, -0.2) is 46.8 Å². The first kappa shape index (κ1) is 18.9. The monoisotopic (exact) mass is 378 g/mol. The molecule has 0 spiro atoms. The summed E-state index contributed by atoms with van der Waals surface area (Å²) in [6.45, 7) is 5.97. The van der Waals surface area contributed by atoms with Gasteiger partial charge in [-0.2, -0.15) is 5.10 Å². The topological polar surface area (TPSA) is 50.2 Å². The number of carbonyl (C=O) groups is 1. The largest absolute Gasteiger partial charge is 0.348 e. The average molecular weight is 379 g/mol. The first-order valence-corrected chi connectivity index (χ1v) is 9.27. The third-order valence-corrected chi connectivity index (χ3v) is 5.07. The minimum Gasteiger partial charge on any atom is -0.348 e. The number of piperidine rings is 1. The molecule has 1 aliphatic heterocycles. The van der Waals surface area contributed by atoms with Gasteiger partial charge in [-0.15, -0.1) is 0 Å². The first-order valence-electron chi connectivity index (χ1n) is 8.90. The Kier molecular flexibility index (Phi) is 5.63. The molecule has 7 heteroatoms. The lowest BCUT2D eigenvalue weighted by Crippen LogP contribution is -2.43. The van der Waals surface area contributed by atoms with Crippen LogP contribution in [-0.2, 0) is 0 Å².